The van der Waals surface area contributed by atoms with Crippen molar-refractivity contribution >= 4 is 24.5 Å². The second kappa shape index (κ2) is 11.6. The molecule has 0 bridgehead atoms. The molecule has 10 heteroatoms. The number of carboxylic acid groups (broad SMARTS) is 1. The van der Waals surface area contributed by atoms with Crippen LogP contribution in [0.3, 0.4) is 0 Å². The molecule has 3 N–H and O–H groups in total. The standard InChI is InChI=1S/C28H28F2N4O4/c1-15(2)34(31-5)25(12-16(3)26(35)32-14-18-6-10-22(29)23(30)13-18)27(36)33-24-11-9-19-17(4)20(28(37)38)7-8-21(19)24/h6-8,10,12-13,24H,1,3,5,9,11,14H2,2,4H3,(H,32,35)(H,33,36)(H,37,38)/b25-12-. The average Bonchev–Trinajstić information content (AvgIpc) is 3.27. The summed E-state index contributed by atoms with van der Waals surface area (Å²) >= 11 is 0. The highest BCUT2D eigenvalue weighted by Crippen LogP contribution is 2.35. The average molecular weight is 523 g/mol. The molecule has 1 aliphatic rings. The fourth-order valence-electron chi connectivity index (χ4n) is 4.30. The number of halogens is 2. The molecule has 0 heterocycles. The minimum atomic E-state index is -1.04. The smallest absolute Gasteiger partial charge is 0.335 e. The Morgan fingerprint density at radius 1 is 1.16 bits per heavy atom. The molecule has 0 spiro atoms. The SMILES string of the molecule is C=NN(C(=C)C)/C(=C\C(=C)C(=O)NCc1ccc(F)c(F)c1)C(=O)NC1CCc2c1ccc(C(=O)O)c2C. The molecule has 1 atom stereocenters. The number of hydrogen-bond acceptors (Lipinski definition) is 5. The fourth-order valence-corrected chi connectivity index (χ4v) is 4.30. The van der Waals surface area contributed by atoms with E-state index in [1.54, 1.807) is 19.9 Å². The van der Waals surface area contributed by atoms with Gasteiger partial charge in [-0.25, -0.2) is 18.6 Å². The molecule has 0 aromatic heterocycles. The number of fused-ring (bicyclic) bond motifs is 1. The number of benzene rings is 2. The Balaban J connectivity index is 1.81. The third-order valence-corrected chi connectivity index (χ3v) is 6.23. The molecule has 198 valence electrons. The lowest BCUT2D eigenvalue weighted by Crippen LogP contribution is -2.34. The Hall–Kier alpha value is -4.60. The van der Waals surface area contributed by atoms with Gasteiger partial charge in [-0.05, 0) is 73.2 Å². The summed E-state index contributed by atoms with van der Waals surface area (Å²) in [5.41, 5.74) is 3.09. The predicted molar refractivity (Wildman–Crippen MR) is 139 cm³/mol. The van der Waals surface area contributed by atoms with E-state index in [9.17, 15) is 28.3 Å². The summed E-state index contributed by atoms with van der Waals surface area (Å²) in [4.78, 5) is 37.5. The van der Waals surface area contributed by atoms with E-state index in [4.69, 9.17) is 0 Å². The van der Waals surface area contributed by atoms with E-state index < -0.39 is 35.5 Å². The molecule has 2 amide bonds. The molecule has 0 saturated carbocycles. The predicted octanol–water partition coefficient (Wildman–Crippen LogP) is 4.28. The Bertz CT molecular complexity index is 1380. The van der Waals surface area contributed by atoms with Crippen molar-refractivity contribution in [2.24, 2.45) is 5.10 Å². The molecule has 0 radical (unpaired) electrons. The molecular weight excluding hydrogens is 494 g/mol. The van der Waals surface area contributed by atoms with E-state index >= 15 is 0 Å². The lowest BCUT2D eigenvalue weighted by Gasteiger charge is -2.23. The van der Waals surface area contributed by atoms with Crippen molar-refractivity contribution in [2.75, 3.05) is 0 Å². The zero-order valence-electron chi connectivity index (χ0n) is 21.1. The minimum Gasteiger partial charge on any atom is -0.478 e. The van der Waals surface area contributed by atoms with Gasteiger partial charge in [-0.3, -0.25) is 9.59 Å². The zero-order valence-corrected chi connectivity index (χ0v) is 21.1. The van der Waals surface area contributed by atoms with Crippen LogP contribution in [0.5, 0.6) is 0 Å². The van der Waals surface area contributed by atoms with Crippen molar-refractivity contribution < 1.29 is 28.3 Å². The van der Waals surface area contributed by atoms with Gasteiger partial charge < -0.3 is 15.7 Å². The number of rotatable bonds is 10. The first-order valence-corrected chi connectivity index (χ1v) is 11.7. The second-order valence-corrected chi connectivity index (χ2v) is 8.85. The monoisotopic (exact) mass is 522 g/mol. The number of aromatic carboxylic acids is 1. The Morgan fingerprint density at radius 2 is 1.87 bits per heavy atom. The number of nitrogens with one attached hydrogen (secondary N) is 2. The maximum atomic E-state index is 13.4. The number of allylic oxidation sites excluding steroid dienone is 1. The first kappa shape index (κ1) is 28.0. The number of carbonyl (C=O) groups excluding carboxylic acids is 2. The van der Waals surface area contributed by atoms with Crippen LogP contribution >= 0.6 is 0 Å². The van der Waals surface area contributed by atoms with Gasteiger partial charge in [0, 0.05) is 24.5 Å². The van der Waals surface area contributed by atoms with Crippen LogP contribution < -0.4 is 10.6 Å². The summed E-state index contributed by atoms with van der Waals surface area (Å²) < 4.78 is 26.6. The molecule has 3 rings (SSSR count). The van der Waals surface area contributed by atoms with Crippen molar-refractivity contribution in [1.29, 1.82) is 0 Å². The van der Waals surface area contributed by atoms with Crippen molar-refractivity contribution in [3.05, 3.63) is 106 Å². The van der Waals surface area contributed by atoms with Crippen LogP contribution in [0.2, 0.25) is 0 Å². The van der Waals surface area contributed by atoms with Gasteiger partial charge in [-0.1, -0.05) is 25.3 Å². The van der Waals surface area contributed by atoms with E-state index in [0.29, 0.717) is 29.7 Å². The summed E-state index contributed by atoms with van der Waals surface area (Å²) in [7, 11) is 0. The lowest BCUT2D eigenvalue weighted by molar-refractivity contribution is -0.119. The quantitative estimate of drug-likeness (QED) is 0.187. The Labute approximate surface area is 219 Å². The summed E-state index contributed by atoms with van der Waals surface area (Å²) in [6.45, 7) is 14.3. The number of amides is 2. The summed E-state index contributed by atoms with van der Waals surface area (Å²) in [5, 5.41) is 19.9. The number of carboxylic acids is 1. The maximum absolute atomic E-state index is 13.4. The van der Waals surface area contributed by atoms with Crippen LogP contribution in [0.1, 0.15) is 52.0 Å². The van der Waals surface area contributed by atoms with Crippen LogP contribution in [0, 0.1) is 18.6 Å². The van der Waals surface area contributed by atoms with E-state index in [0.717, 1.165) is 28.3 Å². The highest BCUT2D eigenvalue weighted by atomic mass is 19.2. The minimum absolute atomic E-state index is 0.0622. The van der Waals surface area contributed by atoms with Crippen LogP contribution in [0.15, 0.2) is 71.6 Å². The zero-order chi connectivity index (χ0) is 28.1. The van der Waals surface area contributed by atoms with Gasteiger partial charge in [0.25, 0.3) is 11.8 Å². The van der Waals surface area contributed by atoms with Crippen molar-refractivity contribution in [3.8, 4) is 0 Å². The molecule has 1 aliphatic carbocycles. The number of hydrogen-bond donors (Lipinski definition) is 3. The lowest BCUT2D eigenvalue weighted by atomic mass is 9.98. The molecule has 2 aromatic carbocycles. The summed E-state index contributed by atoms with van der Waals surface area (Å²) in [6, 6.07) is 6.08. The van der Waals surface area contributed by atoms with Crippen LogP contribution in [0.4, 0.5) is 8.78 Å². The molecular formula is C28H28F2N4O4. The molecule has 0 saturated heterocycles. The van der Waals surface area contributed by atoms with Gasteiger partial charge in [0.1, 0.15) is 5.70 Å². The Kier molecular flexibility index (Phi) is 8.57. The van der Waals surface area contributed by atoms with Gasteiger partial charge in [0.15, 0.2) is 11.6 Å². The largest absolute Gasteiger partial charge is 0.478 e. The van der Waals surface area contributed by atoms with Crippen molar-refractivity contribution in [3.63, 3.8) is 0 Å². The first-order chi connectivity index (χ1) is 17.9. The summed E-state index contributed by atoms with van der Waals surface area (Å²) in [6.07, 6.45) is 2.38. The van der Waals surface area contributed by atoms with E-state index in [-0.39, 0.29) is 23.4 Å². The van der Waals surface area contributed by atoms with Gasteiger partial charge in [-0.2, -0.15) is 5.10 Å². The normalized spacial score (nSPS) is 14.3. The van der Waals surface area contributed by atoms with E-state index in [1.165, 1.54) is 18.2 Å². The molecule has 0 fully saturated rings. The van der Waals surface area contributed by atoms with Crippen molar-refractivity contribution in [1.82, 2.24) is 15.6 Å². The molecule has 0 aliphatic heterocycles. The van der Waals surface area contributed by atoms with E-state index in [2.05, 4.69) is 35.6 Å². The topological polar surface area (TPSA) is 111 Å². The number of carbonyl (C=O) groups is 3. The Morgan fingerprint density at radius 3 is 2.47 bits per heavy atom. The maximum Gasteiger partial charge on any atom is 0.335 e. The first-order valence-electron chi connectivity index (χ1n) is 11.7. The highest BCUT2D eigenvalue weighted by molar-refractivity contribution is 6.00. The van der Waals surface area contributed by atoms with Gasteiger partial charge >= 0.3 is 5.97 Å². The van der Waals surface area contributed by atoms with Crippen LogP contribution in [-0.2, 0) is 22.6 Å². The molecule has 2 aromatic rings. The number of hydrazone groups is 1. The van der Waals surface area contributed by atoms with Gasteiger partial charge in [-0.15, -0.1) is 0 Å². The third-order valence-electron chi connectivity index (χ3n) is 6.23. The number of nitrogens with zero attached hydrogens (tertiary/aromatic N) is 2. The second-order valence-electron chi connectivity index (χ2n) is 8.85. The highest BCUT2D eigenvalue weighted by Gasteiger charge is 2.29. The van der Waals surface area contributed by atoms with Crippen LogP contribution in [-0.4, -0.2) is 34.6 Å². The van der Waals surface area contributed by atoms with Crippen molar-refractivity contribution in [2.45, 2.75) is 39.3 Å². The third kappa shape index (κ3) is 6.03. The molecule has 8 nitrogen and oxygen atoms in total. The fraction of sp³-hybridized carbons (Fsp3) is 0.214. The van der Waals surface area contributed by atoms with Gasteiger partial charge in [0.2, 0.25) is 0 Å². The molecule has 1 unspecified atom stereocenters. The summed E-state index contributed by atoms with van der Waals surface area (Å²) in [5.74, 6) is -4.27. The van der Waals surface area contributed by atoms with Gasteiger partial charge in [0.05, 0.1) is 11.6 Å². The van der Waals surface area contributed by atoms with Crippen LogP contribution in [0.25, 0.3) is 0 Å². The molecule has 38 heavy (non-hydrogen) atoms. The van der Waals surface area contributed by atoms with E-state index in [1.807, 2.05) is 0 Å².